The number of aryl methyl sites for hydroxylation is 1. The lowest BCUT2D eigenvalue weighted by molar-refractivity contribution is 0.102. The van der Waals surface area contributed by atoms with Crippen molar-refractivity contribution in [2.75, 3.05) is 5.32 Å². The molecule has 0 spiro atoms. The first kappa shape index (κ1) is 11.7. The molecular formula is C11H9BrN4O. The maximum atomic E-state index is 11.8. The minimum absolute atomic E-state index is 0.252. The first-order valence-corrected chi connectivity index (χ1v) is 5.65. The van der Waals surface area contributed by atoms with Crippen LogP contribution in [-0.2, 0) is 0 Å². The number of carbonyl (C=O) groups excluding carboxylic acids is 1. The summed E-state index contributed by atoms with van der Waals surface area (Å²) in [6.07, 6.45) is 6.19. The Balaban J connectivity index is 2.14. The summed E-state index contributed by atoms with van der Waals surface area (Å²) < 4.78 is 0.618. The van der Waals surface area contributed by atoms with Crippen LogP contribution in [0.25, 0.3) is 0 Å². The Labute approximate surface area is 106 Å². The van der Waals surface area contributed by atoms with Crippen molar-refractivity contribution < 1.29 is 4.79 Å². The lowest BCUT2D eigenvalue weighted by atomic mass is 10.2. The van der Waals surface area contributed by atoms with Gasteiger partial charge in [-0.2, -0.15) is 0 Å². The molecule has 1 amide bonds. The highest BCUT2D eigenvalue weighted by Gasteiger charge is 2.07. The normalized spacial score (nSPS) is 10.0. The fourth-order valence-electron chi connectivity index (χ4n) is 1.24. The van der Waals surface area contributed by atoms with Gasteiger partial charge in [-0.3, -0.25) is 9.78 Å². The molecule has 0 saturated carbocycles. The van der Waals surface area contributed by atoms with Crippen molar-refractivity contribution in [2.24, 2.45) is 0 Å². The van der Waals surface area contributed by atoms with Gasteiger partial charge in [-0.25, -0.2) is 9.97 Å². The van der Waals surface area contributed by atoms with E-state index in [9.17, 15) is 4.79 Å². The molecule has 0 aliphatic carbocycles. The van der Waals surface area contributed by atoms with Gasteiger partial charge in [0.05, 0.1) is 18.0 Å². The molecule has 2 aromatic rings. The van der Waals surface area contributed by atoms with Gasteiger partial charge in [-0.1, -0.05) is 0 Å². The van der Waals surface area contributed by atoms with Gasteiger partial charge in [-0.05, 0) is 34.5 Å². The van der Waals surface area contributed by atoms with Crippen molar-refractivity contribution in [3.05, 3.63) is 46.6 Å². The van der Waals surface area contributed by atoms with Crippen molar-refractivity contribution >= 4 is 27.7 Å². The molecule has 6 heteroatoms. The highest BCUT2D eigenvalue weighted by molar-refractivity contribution is 9.10. The van der Waals surface area contributed by atoms with Gasteiger partial charge in [-0.15, -0.1) is 0 Å². The average Bonchev–Trinajstić information content (AvgIpc) is 2.32. The summed E-state index contributed by atoms with van der Waals surface area (Å²) in [4.78, 5) is 23.7. The molecule has 0 radical (unpaired) electrons. The number of hydrogen-bond acceptors (Lipinski definition) is 4. The van der Waals surface area contributed by atoms with Crippen LogP contribution in [0.4, 0.5) is 5.82 Å². The first-order valence-electron chi connectivity index (χ1n) is 4.86. The Bertz CT molecular complexity index is 541. The molecule has 5 nitrogen and oxygen atoms in total. The first-order chi connectivity index (χ1) is 8.15. The summed E-state index contributed by atoms with van der Waals surface area (Å²) in [6, 6.07) is 1.76. The van der Waals surface area contributed by atoms with Crippen molar-refractivity contribution in [3.63, 3.8) is 0 Å². The number of anilines is 1. The van der Waals surface area contributed by atoms with E-state index in [1.54, 1.807) is 12.3 Å². The van der Waals surface area contributed by atoms with Crippen molar-refractivity contribution in [1.82, 2.24) is 15.0 Å². The number of carbonyl (C=O) groups is 1. The zero-order chi connectivity index (χ0) is 12.3. The van der Waals surface area contributed by atoms with Gasteiger partial charge < -0.3 is 5.32 Å². The van der Waals surface area contributed by atoms with Crippen LogP contribution in [0.3, 0.4) is 0 Å². The topological polar surface area (TPSA) is 67.8 Å². The molecule has 2 aromatic heterocycles. The highest BCUT2D eigenvalue weighted by Crippen LogP contribution is 2.08. The minimum atomic E-state index is -0.252. The zero-order valence-corrected chi connectivity index (χ0v) is 10.6. The van der Waals surface area contributed by atoms with E-state index in [1.807, 2.05) is 6.92 Å². The third-order valence-corrected chi connectivity index (χ3v) is 2.41. The van der Waals surface area contributed by atoms with Crippen LogP contribution in [0.1, 0.15) is 15.9 Å². The third kappa shape index (κ3) is 3.07. The van der Waals surface area contributed by atoms with Crippen LogP contribution in [0.15, 0.2) is 35.5 Å². The van der Waals surface area contributed by atoms with E-state index in [1.165, 1.54) is 18.6 Å². The molecule has 0 unspecified atom stereocenters. The standard InChI is InChI=1S/C11H9BrN4O/c1-7-2-8(4-13-3-7)11(17)16-10-6-14-9(12)5-15-10/h2-6H,1H3,(H,15,16,17). The van der Waals surface area contributed by atoms with Crippen LogP contribution in [-0.4, -0.2) is 20.9 Å². The number of halogens is 1. The van der Waals surface area contributed by atoms with Gasteiger partial charge >= 0.3 is 0 Å². The van der Waals surface area contributed by atoms with Crippen LogP contribution in [0.2, 0.25) is 0 Å². The van der Waals surface area contributed by atoms with Crippen molar-refractivity contribution in [3.8, 4) is 0 Å². The summed E-state index contributed by atoms with van der Waals surface area (Å²) in [5, 5.41) is 2.64. The number of nitrogens with zero attached hydrogens (tertiary/aromatic N) is 3. The Hall–Kier alpha value is -1.82. The molecule has 0 bridgehead atoms. The molecule has 17 heavy (non-hydrogen) atoms. The predicted octanol–water partition coefficient (Wildman–Crippen LogP) is 2.19. The van der Waals surface area contributed by atoms with E-state index < -0.39 is 0 Å². The van der Waals surface area contributed by atoms with E-state index in [0.29, 0.717) is 16.0 Å². The lowest BCUT2D eigenvalue weighted by Gasteiger charge is -2.04. The summed E-state index contributed by atoms with van der Waals surface area (Å²) >= 11 is 3.17. The number of pyridine rings is 1. The Kier molecular flexibility index (Phi) is 3.43. The second-order valence-electron chi connectivity index (χ2n) is 3.43. The Morgan fingerprint density at radius 2 is 2.06 bits per heavy atom. The second kappa shape index (κ2) is 5.01. The molecule has 0 fully saturated rings. The largest absolute Gasteiger partial charge is 0.305 e. The fourth-order valence-corrected chi connectivity index (χ4v) is 1.45. The van der Waals surface area contributed by atoms with E-state index in [-0.39, 0.29) is 5.91 Å². The molecular weight excluding hydrogens is 284 g/mol. The van der Waals surface area contributed by atoms with Crippen LogP contribution < -0.4 is 5.32 Å². The van der Waals surface area contributed by atoms with Crippen LogP contribution in [0.5, 0.6) is 0 Å². The van der Waals surface area contributed by atoms with Gasteiger partial charge in [0.1, 0.15) is 4.60 Å². The summed E-state index contributed by atoms with van der Waals surface area (Å²) in [5.41, 5.74) is 1.43. The van der Waals surface area contributed by atoms with Crippen molar-refractivity contribution in [1.29, 1.82) is 0 Å². The molecule has 0 aliphatic rings. The molecule has 0 aliphatic heterocycles. The molecule has 86 valence electrons. The van der Waals surface area contributed by atoms with Crippen molar-refractivity contribution in [2.45, 2.75) is 6.92 Å². The quantitative estimate of drug-likeness (QED) is 0.921. The molecule has 0 aromatic carbocycles. The summed E-state index contributed by atoms with van der Waals surface area (Å²) in [5.74, 6) is 0.150. The molecule has 0 saturated heterocycles. The zero-order valence-electron chi connectivity index (χ0n) is 9.01. The second-order valence-corrected chi connectivity index (χ2v) is 4.24. The van der Waals surface area contributed by atoms with Crippen LogP contribution >= 0.6 is 15.9 Å². The molecule has 1 N–H and O–H groups in total. The predicted molar refractivity (Wildman–Crippen MR) is 66.7 cm³/mol. The SMILES string of the molecule is Cc1cncc(C(=O)Nc2cnc(Br)cn2)c1. The number of hydrogen-bond donors (Lipinski definition) is 1. The summed E-state index contributed by atoms with van der Waals surface area (Å²) in [7, 11) is 0. The smallest absolute Gasteiger partial charge is 0.258 e. The fraction of sp³-hybridized carbons (Fsp3) is 0.0909. The van der Waals surface area contributed by atoms with E-state index >= 15 is 0 Å². The molecule has 2 rings (SSSR count). The average molecular weight is 293 g/mol. The van der Waals surface area contributed by atoms with Crippen LogP contribution in [0, 0.1) is 6.92 Å². The monoisotopic (exact) mass is 292 g/mol. The third-order valence-electron chi connectivity index (χ3n) is 2.00. The minimum Gasteiger partial charge on any atom is -0.305 e. The summed E-state index contributed by atoms with van der Waals surface area (Å²) in [6.45, 7) is 1.88. The van der Waals surface area contributed by atoms with E-state index in [0.717, 1.165) is 5.56 Å². The molecule has 0 atom stereocenters. The number of rotatable bonds is 2. The van der Waals surface area contributed by atoms with Gasteiger partial charge in [0.25, 0.3) is 5.91 Å². The van der Waals surface area contributed by atoms with E-state index in [4.69, 9.17) is 0 Å². The maximum absolute atomic E-state index is 11.8. The lowest BCUT2D eigenvalue weighted by Crippen LogP contribution is -2.13. The molecule has 2 heterocycles. The van der Waals surface area contributed by atoms with Gasteiger partial charge in [0, 0.05) is 12.4 Å². The number of aromatic nitrogens is 3. The van der Waals surface area contributed by atoms with E-state index in [2.05, 4.69) is 36.2 Å². The number of amides is 1. The van der Waals surface area contributed by atoms with Gasteiger partial charge in [0.2, 0.25) is 0 Å². The maximum Gasteiger partial charge on any atom is 0.258 e. The Morgan fingerprint density at radius 3 is 2.71 bits per heavy atom. The van der Waals surface area contributed by atoms with Gasteiger partial charge in [0.15, 0.2) is 5.82 Å². The number of nitrogens with one attached hydrogen (secondary N) is 1. The Morgan fingerprint density at radius 1 is 1.24 bits per heavy atom. The highest BCUT2D eigenvalue weighted by atomic mass is 79.9.